The third-order valence-corrected chi connectivity index (χ3v) is 4.74. The van der Waals surface area contributed by atoms with Crippen LogP contribution in [0.5, 0.6) is 0 Å². The molecule has 3 unspecified atom stereocenters. The van der Waals surface area contributed by atoms with Gasteiger partial charge in [-0.2, -0.15) is 0 Å². The first-order valence-corrected chi connectivity index (χ1v) is 6.98. The highest BCUT2D eigenvalue weighted by Gasteiger charge is 2.31. The van der Waals surface area contributed by atoms with E-state index in [0.717, 1.165) is 13.0 Å². The van der Waals surface area contributed by atoms with Crippen molar-refractivity contribution in [2.75, 3.05) is 6.61 Å². The topological polar surface area (TPSA) is 35.2 Å². The summed E-state index contributed by atoms with van der Waals surface area (Å²) in [6.07, 6.45) is 1.35. The Balaban J connectivity index is 2.00. The van der Waals surface area contributed by atoms with Gasteiger partial charge < -0.3 is 10.5 Å². The predicted octanol–water partition coefficient (Wildman–Crippen LogP) is 3.33. The number of rotatable bonds is 2. The molecule has 1 fully saturated rings. The minimum absolute atomic E-state index is 0.0925. The fourth-order valence-electron chi connectivity index (χ4n) is 2.73. The highest BCUT2D eigenvalue weighted by Crippen LogP contribution is 2.36. The number of fused-ring (bicyclic) bond motifs is 1. The highest BCUT2D eigenvalue weighted by molar-refractivity contribution is 7.17. The first-order chi connectivity index (χ1) is 8.27. The van der Waals surface area contributed by atoms with Crippen molar-refractivity contribution in [1.29, 1.82) is 0 Å². The molecule has 2 nitrogen and oxygen atoms in total. The monoisotopic (exact) mass is 247 g/mol. The van der Waals surface area contributed by atoms with E-state index < -0.39 is 0 Å². The molecule has 1 aromatic carbocycles. The summed E-state index contributed by atoms with van der Waals surface area (Å²) in [5.74, 6) is 0.447. The maximum Gasteiger partial charge on any atom is 0.0594 e. The molecule has 90 valence electrons. The van der Waals surface area contributed by atoms with Gasteiger partial charge in [0, 0.05) is 23.3 Å². The first kappa shape index (κ1) is 11.2. The van der Waals surface area contributed by atoms with Gasteiger partial charge >= 0.3 is 0 Å². The number of hydrogen-bond acceptors (Lipinski definition) is 3. The van der Waals surface area contributed by atoms with E-state index in [2.05, 4.69) is 36.6 Å². The SMILES string of the molecule is CC1OCCC1C(N)c1cccc2ccsc12. The molecule has 3 atom stereocenters. The van der Waals surface area contributed by atoms with Crippen LogP contribution < -0.4 is 5.73 Å². The minimum Gasteiger partial charge on any atom is -0.378 e. The number of hydrogen-bond donors (Lipinski definition) is 1. The zero-order valence-corrected chi connectivity index (χ0v) is 10.7. The molecule has 0 spiro atoms. The van der Waals surface area contributed by atoms with E-state index >= 15 is 0 Å². The van der Waals surface area contributed by atoms with E-state index in [4.69, 9.17) is 10.5 Å². The average molecular weight is 247 g/mol. The van der Waals surface area contributed by atoms with Crippen molar-refractivity contribution in [2.45, 2.75) is 25.5 Å². The van der Waals surface area contributed by atoms with Gasteiger partial charge in [-0.15, -0.1) is 11.3 Å². The van der Waals surface area contributed by atoms with Crippen molar-refractivity contribution in [3.05, 3.63) is 35.2 Å². The Morgan fingerprint density at radius 3 is 3.06 bits per heavy atom. The Bertz CT molecular complexity index is 522. The molecule has 0 amide bonds. The fraction of sp³-hybridized carbons (Fsp3) is 0.429. The van der Waals surface area contributed by atoms with Crippen molar-refractivity contribution in [2.24, 2.45) is 11.7 Å². The Morgan fingerprint density at radius 2 is 2.29 bits per heavy atom. The molecule has 2 N–H and O–H groups in total. The largest absolute Gasteiger partial charge is 0.378 e. The summed E-state index contributed by atoms with van der Waals surface area (Å²) in [4.78, 5) is 0. The Morgan fingerprint density at radius 1 is 1.41 bits per heavy atom. The van der Waals surface area contributed by atoms with Gasteiger partial charge in [0.1, 0.15) is 0 Å². The number of ether oxygens (including phenoxy) is 1. The van der Waals surface area contributed by atoms with Gasteiger partial charge in [-0.1, -0.05) is 18.2 Å². The number of nitrogens with two attached hydrogens (primary N) is 1. The van der Waals surface area contributed by atoms with Crippen molar-refractivity contribution in [3.63, 3.8) is 0 Å². The third-order valence-electron chi connectivity index (χ3n) is 3.76. The van der Waals surface area contributed by atoms with Crippen LogP contribution in [0.25, 0.3) is 10.1 Å². The van der Waals surface area contributed by atoms with Crippen molar-refractivity contribution in [3.8, 4) is 0 Å². The van der Waals surface area contributed by atoms with Crippen LogP contribution in [0.1, 0.15) is 24.9 Å². The van der Waals surface area contributed by atoms with Crippen LogP contribution in [0.2, 0.25) is 0 Å². The fourth-order valence-corrected chi connectivity index (χ4v) is 3.69. The van der Waals surface area contributed by atoms with E-state index in [0.29, 0.717) is 5.92 Å². The summed E-state index contributed by atoms with van der Waals surface area (Å²) in [7, 11) is 0. The second kappa shape index (κ2) is 4.41. The van der Waals surface area contributed by atoms with Crippen molar-refractivity contribution in [1.82, 2.24) is 0 Å². The van der Waals surface area contributed by atoms with E-state index in [1.165, 1.54) is 15.6 Å². The maximum atomic E-state index is 6.44. The van der Waals surface area contributed by atoms with E-state index in [-0.39, 0.29) is 12.1 Å². The second-order valence-corrected chi connectivity index (χ2v) is 5.66. The molecule has 2 aromatic rings. The summed E-state index contributed by atoms with van der Waals surface area (Å²) >= 11 is 1.78. The lowest BCUT2D eigenvalue weighted by Crippen LogP contribution is -2.26. The second-order valence-electron chi connectivity index (χ2n) is 4.74. The van der Waals surface area contributed by atoms with Crippen molar-refractivity contribution < 1.29 is 4.74 Å². The van der Waals surface area contributed by atoms with Gasteiger partial charge in [-0.05, 0) is 35.7 Å². The summed E-state index contributed by atoms with van der Waals surface area (Å²) in [6, 6.07) is 8.66. The van der Waals surface area contributed by atoms with E-state index in [9.17, 15) is 0 Å². The molecule has 0 saturated carbocycles. The smallest absolute Gasteiger partial charge is 0.0594 e. The van der Waals surface area contributed by atoms with Gasteiger partial charge in [0.15, 0.2) is 0 Å². The maximum absolute atomic E-state index is 6.44. The summed E-state index contributed by atoms with van der Waals surface area (Å²) in [5.41, 5.74) is 7.72. The Kier molecular flexibility index (Phi) is 2.90. The van der Waals surface area contributed by atoms with Crippen LogP contribution >= 0.6 is 11.3 Å². The van der Waals surface area contributed by atoms with Gasteiger partial charge in [-0.25, -0.2) is 0 Å². The van der Waals surface area contributed by atoms with E-state index in [1.54, 1.807) is 11.3 Å². The zero-order valence-electron chi connectivity index (χ0n) is 9.93. The molecule has 2 heterocycles. The standard InChI is InChI=1S/C14H17NOS/c1-9-11(5-7-16-9)13(15)12-4-2-3-10-6-8-17-14(10)12/h2-4,6,8-9,11,13H,5,7,15H2,1H3. The molecule has 1 aliphatic heterocycles. The van der Waals surface area contributed by atoms with Crippen LogP contribution in [0.15, 0.2) is 29.6 Å². The van der Waals surface area contributed by atoms with Crippen LogP contribution in [-0.4, -0.2) is 12.7 Å². The molecule has 0 aliphatic carbocycles. The normalized spacial score (nSPS) is 26.5. The number of benzene rings is 1. The van der Waals surface area contributed by atoms with Gasteiger partial charge in [0.05, 0.1) is 6.10 Å². The lowest BCUT2D eigenvalue weighted by molar-refractivity contribution is 0.0996. The lowest BCUT2D eigenvalue weighted by Gasteiger charge is -2.22. The molecule has 3 rings (SSSR count). The van der Waals surface area contributed by atoms with Crippen LogP contribution in [0.3, 0.4) is 0 Å². The van der Waals surface area contributed by atoms with E-state index in [1.807, 2.05) is 0 Å². The molecule has 1 saturated heterocycles. The Hall–Kier alpha value is -0.900. The van der Waals surface area contributed by atoms with Crippen LogP contribution in [0, 0.1) is 5.92 Å². The quantitative estimate of drug-likeness (QED) is 0.883. The average Bonchev–Trinajstić information content (AvgIpc) is 2.95. The molecule has 17 heavy (non-hydrogen) atoms. The molecule has 3 heteroatoms. The molecular weight excluding hydrogens is 230 g/mol. The van der Waals surface area contributed by atoms with Gasteiger partial charge in [-0.3, -0.25) is 0 Å². The van der Waals surface area contributed by atoms with Crippen LogP contribution in [0.4, 0.5) is 0 Å². The predicted molar refractivity (Wildman–Crippen MR) is 72.3 cm³/mol. The lowest BCUT2D eigenvalue weighted by atomic mass is 9.89. The Labute approximate surface area is 105 Å². The summed E-state index contributed by atoms with van der Waals surface area (Å²) in [6.45, 7) is 2.98. The molecular formula is C14H17NOS. The zero-order chi connectivity index (χ0) is 11.8. The highest BCUT2D eigenvalue weighted by atomic mass is 32.1. The summed E-state index contributed by atoms with van der Waals surface area (Å²) < 4.78 is 6.96. The number of thiophene rings is 1. The third kappa shape index (κ3) is 1.88. The van der Waals surface area contributed by atoms with Crippen molar-refractivity contribution >= 4 is 21.4 Å². The molecule has 0 bridgehead atoms. The minimum atomic E-state index is 0.0925. The molecule has 1 aromatic heterocycles. The van der Waals surface area contributed by atoms with Gasteiger partial charge in [0.25, 0.3) is 0 Å². The first-order valence-electron chi connectivity index (χ1n) is 6.10. The molecule has 0 radical (unpaired) electrons. The molecule has 1 aliphatic rings. The van der Waals surface area contributed by atoms with Gasteiger partial charge in [0.2, 0.25) is 0 Å². The summed E-state index contributed by atoms with van der Waals surface area (Å²) in [5, 5.41) is 3.43. The van der Waals surface area contributed by atoms with Crippen LogP contribution in [-0.2, 0) is 4.74 Å².